The molecule has 0 bridgehead atoms. The molecule has 0 fully saturated rings. The number of rotatable bonds is 4. The number of aryl methyl sites for hydroxylation is 1. The van der Waals surface area contributed by atoms with Gasteiger partial charge in [-0.1, -0.05) is 25.1 Å². The quantitative estimate of drug-likeness (QED) is 0.790. The van der Waals surface area contributed by atoms with Crippen molar-refractivity contribution in [3.63, 3.8) is 0 Å². The van der Waals surface area contributed by atoms with Crippen molar-refractivity contribution in [2.45, 2.75) is 20.3 Å². The highest BCUT2D eigenvalue weighted by atomic mass is 16.1. The molecule has 1 rings (SSSR count). The maximum atomic E-state index is 11.7. The Bertz CT molecular complexity index is 332. The monoisotopic (exact) mass is 206 g/mol. The molecule has 1 unspecified atom stereocenters. The Morgan fingerprint density at radius 1 is 1.47 bits per heavy atom. The Morgan fingerprint density at radius 3 is 2.67 bits per heavy atom. The van der Waals surface area contributed by atoms with E-state index in [0.717, 1.165) is 17.7 Å². The van der Waals surface area contributed by atoms with E-state index in [1.807, 2.05) is 38.1 Å². The van der Waals surface area contributed by atoms with Gasteiger partial charge in [0.1, 0.15) is 0 Å². The van der Waals surface area contributed by atoms with Gasteiger partial charge in [0, 0.05) is 12.2 Å². The minimum Gasteiger partial charge on any atom is -0.330 e. The molecule has 0 saturated heterocycles. The van der Waals surface area contributed by atoms with E-state index in [0.29, 0.717) is 6.54 Å². The van der Waals surface area contributed by atoms with Crippen LogP contribution in [-0.4, -0.2) is 12.5 Å². The van der Waals surface area contributed by atoms with Gasteiger partial charge >= 0.3 is 0 Å². The number of benzene rings is 1. The van der Waals surface area contributed by atoms with E-state index in [-0.39, 0.29) is 11.8 Å². The smallest absolute Gasteiger partial charge is 0.228 e. The highest BCUT2D eigenvalue weighted by Crippen LogP contribution is 2.14. The van der Waals surface area contributed by atoms with Crippen LogP contribution < -0.4 is 11.1 Å². The second-order valence-corrected chi connectivity index (χ2v) is 3.65. The van der Waals surface area contributed by atoms with Gasteiger partial charge in [0.15, 0.2) is 0 Å². The highest BCUT2D eigenvalue weighted by Gasteiger charge is 2.14. The number of hydrogen-bond donors (Lipinski definition) is 2. The molecule has 3 nitrogen and oxygen atoms in total. The molecule has 1 aromatic carbocycles. The van der Waals surface area contributed by atoms with Gasteiger partial charge < -0.3 is 11.1 Å². The predicted octanol–water partition coefficient (Wildman–Crippen LogP) is 1.92. The van der Waals surface area contributed by atoms with Crippen LogP contribution in [0.3, 0.4) is 0 Å². The van der Waals surface area contributed by atoms with E-state index in [4.69, 9.17) is 5.73 Å². The van der Waals surface area contributed by atoms with Crippen molar-refractivity contribution in [2.75, 3.05) is 11.9 Å². The summed E-state index contributed by atoms with van der Waals surface area (Å²) in [4.78, 5) is 11.7. The molecule has 0 aliphatic rings. The first-order valence-corrected chi connectivity index (χ1v) is 5.25. The molecule has 0 heterocycles. The summed E-state index contributed by atoms with van der Waals surface area (Å²) in [7, 11) is 0. The van der Waals surface area contributed by atoms with Crippen LogP contribution in [0.25, 0.3) is 0 Å². The first-order valence-electron chi connectivity index (χ1n) is 5.25. The van der Waals surface area contributed by atoms with E-state index in [1.165, 1.54) is 0 Å². The Morgan fingerprint density at radius 2 is 2.13 bits per heavy atom. The first-order chi connectivity index (χ1) is 7.19. The minimum atomic E-state index is -0.0930. The Hall–Kier alpha value is -1.35. The average molecular weight is 206 g/mol. The second kappa shape index (κ2) is 5.51. The molecule has 0 spiro atoms. The van der Waals surface area contributed by atoms with E-state index >= 15 is 0 Å². The number of nitrogens with one attached hydrogen (secondary N) is 1. The topological polar surface area (TPSA) is 55.1 Å². The van der Waals surface area contributed by atoms with Gasteiger partial charge in [-0.3, -0.25) is 4.79 Å². The maximum Gasteiger partial charge on any atom is 0.228 e. The zero-order valence-corrected chi connectivity index (χ0v) is 9.29. The maximum absolute atomic E-state index is 11.7. The van der Waals surface area contributed by atoms with Crippen LogP contribution in [0.15, 0.2) is 24.3 Å². The van der Waals surface area contributed by atoms with Gasteiger partial charge in [0.05, 0.1) is 5.92 Å². The average Bonchev–Trinajstić information content (AvgIpc) is 2.23. The lowest BCUT2D eigenvalue weighted by Gasteiger charge is -2.13. The lowest BCUT2D eigenvalue weighted by Crippen LogP contribution is -2.28. The third-order valence-corrected chi connectivity index (χ3v) is 2.55. The molecule has 0 aliphatic carbocycles. The van der Waals surface area contributed by atoms with E-state index in [1.54, 1.807) is 0 Å². The molecule has 1 aromatic rings. The molecule has 15 heavy (non-hydrogen) atoms. The number of amides is 1. The Kier molecular flexibility index (Phi) is 4.31. The Balaban J connectivity index is 2.70. The van der Waals surface area contributed by atoms with Gasteiger partial charge in [-0.15, -0.1) is 0 Å². The van der Waals surface area contributed by atoms with Crippen LogP contribution in [0.4, 0.5) is 5.69 Å². The van der Waals surface area contributed by atoms with Gasteiger partial charge in [0.2, 0.25) is 5.91 Å². The number of hydrogen-bond acceptors (Lipinski definition) is 2. The van der Waals surface area contributed by atoms with Crippen molar-refractivity contribution in [1.82, 2.24) is 0 Å². The molecule has 0 aromatic heterocycles. The van der Waals surface area contributed by atoms with Crippen molar-refractivity contribution >= 4 is 11.6 Å². The lowest BCUT2D eigenvalue weighted by molar-refractivity contribution is -0.119. The van der Waals surface area contributed by atoms with Crippen LogP contribution in [0.2, 0.25) is 0 Å². The van der Waals surface area contributed by atoms with Gasteiger partial charge in [0.25, 0.3) is 0 Å². The fourth-order valence-electron chi connectivity index (χ4n) is 1.41. The second-order valence-electron chi connectivity index (χ2n) is 3.65. The third-order valence-electron chi connectivity index (χ3n) is 2.55. The summed E-state index contributed by atoms with van der Waals surface area (Å²) in [5.74, 6) is -0.0843. The standard InChI is InChI=1S/C12H18N2O/c1-3-10(8-13)12(15)14-11-7-5-4-6-9(11)2/h4-7,10H,3,8,13H2,1-2H3,(H,14,15). The van der Waals surface area contributed by atoms with Crippen molar-refractivity contribution in [3.8, 4) is 0 Å². The molecule has 3 heteroatoms. The number of anilines is 1. The van der Waals surface area contributed by atoms with E-state index < -0.39 is 0 Å². The minimum absolute atomic E-state index is 0.00861. The summed E-state index contributed by atoms with van der Waals surface area (Å²) >= 11 is 0. The zero-order valence-electron chi connectivity index (χ0n) is 9.29. The van der Waals surface area contributed by atoms with Crippen molar-refractivity contribution < 1.29 is 4.79 Å². The molecular formula is C12H18N2O. The van der Waals surface area contributed by atoms with Gasteiger partial charge in [-0.05, 0) is 25.0 Å². The molecular weight excluding hydrogens is 188 g/mol. The number of nitrogens with two attached hydrogens (primary N) is 1. The summed E-state index contributed by atoms with van der Waals surface area (Å²) in [6, 6.07) is 7.73. The largest absolute Gasteiger partial charge is 0.330 e. The Labute approximate surface area is 90.7 Å². The van der Waals surface area contributed by atoms with E-state index in [2.05, 4.69) is 5.32 Å². The zero-order chi connectivity index (χ0) is 11.3. The molecule has 1 amide bonds. The summed E-state index contributed by atoms with van der Waals surface area (Å²) < 4.78 is 0. The van der Waals surface area contributed by atoms with Crippen molar-refractivity contribution in [3.05, 3.63) is 29.8 Å². The normalized spacial score (nSPS) is 12.2. The summed E-state index contributed by atoms with van der Waals surface area (Å²) in [5.41, 5.74) is 7.45. The molecule has 82 valence electrons. The third kappa shape index (κ3) is 3.06. The number of carbonyl (C=O) groups excluding carboxylic acids is 1. The van der Waals surface area contributed by atoms with Crippen LogP contribution in [0.1, 0.15) is 18.9 Å². The number of carbonyl (C=O) groups is 1. The summed E-state index contributed by atoms with van der Waals surface area (Å²) in [6.45, 7) is 4.34. The summed E-state index contributed by atoms with van der Waals surface area (Å²) in [6.07, 6.45) is 0.772. The van der Waals surface area contributed by atoms with Gasteiger partial charge in [-0.25, -0.2) is 0 Å². The molecule has 3 N–H and O–H groups in total. The van der Waals surface area contributed by atoms with Crippen molar-refractivity contribution in [1.29, 1.82) is 0 Å². The highest BCUT2D eigenvalue weighted by molar-refractivity contribution is 5.93. The predicted molar refractivity (Wildman–Crippen MR) is 62.6 cm³/mol. The molecule has 0 saturated carbocycles. The van der Waals surface area contributed by atoms with Crippen molar-refractivity contribution in [2.24, 2.45) is 11.7 Å². The van der Waals surface area contributed by atoms with E-state index in [9.17, 15) is 4.79 Å². The SMILES string of the molecule is CCC(CN)C(=O)Nc1ccccc1C. The van der Waals surface area contributed by atoms with Crippen LogP contribution in [-0.2, 0) is 4.79 Å². The molecule has 1 atom stereocenters. The first kappa shape index (κ1) is 11.7. The fraction of sp³-hybridized carbons (Fsp3) is 0.417. The van der Waals surface area contributed by atoms with Crippen LogP contribution in [0, 0.1) is 12.8 Å². The fourth-order valence-corrected chi connectivity index (χ4v) is 1.41. The van der Waals surface area contributed by atoms with Crippen LogP contribution >= 0.6 is 0 Å². The summed E-state index contributed by atoms with van der Waals surface area (Å²) in [5, 5.41) is 2.89. The number of para-hydroxylation sites is 1. The molecule has 0 radical (unpaired) electrons. The lowest BCUT2D eigenvalue weighted by atomic mass is 10.1. The van der Waals surface area contributed by atoms with Crippen LogP contribution in [0.5, 0.6) is 0 Å². The van der Waals surface area contributed by atoms with Gasteiger partial charge in [-0.2, -0.15) is 0 Å². The molecule has 0 aliphatic heterocycles.